The van der Waals surface area contributed by atoms with E-state index in [4.69, 9.17) is 5.84 Å². The average Bonchev–Trinajstić information content (AvgIpc) is 2.95. The molecule has 0 amide bonds. The minimum atomic E-state index is 0.609. The Morgan fingerprint density at radius 1 is 1.43 bits per heavy atom. The van der Waals surface area contributed by atoms with Crippen molar-refractivity contribution in [3.8, 4) is 0 Å². The summed E-state index contributed by atoms with van der Waals surface area (Å²) < 4.78 is 0. The summed E-state index contributed by atoms with van der Waals surface area (Å²) in [5, 5.41) is 3.01. The standard InChI is InChI=1S/C14H22N6S/c1-19-6-3-10(4-7-19)20(2)9-12-16-13(18-15)11-5-8-21-14(11)17-12/h5,8,10H,3-4,6-7,9,15H2,1-2H3,(H,16,17,18). The van der Waals surface area contributed by atoms with E-state index in [2.05, 4.69) is 39.3 Å². The van der Waals surface area contributed by atoms with E-state index in [0.717, 1.165) is 35.7 Å². The summed E-state index contributed by atoms with van der Waals surface area (Å²) in [5.74, 6) is 7.13. The molecule has 0 bridgehead atoms. The summed E-state index contributed by atoms with van der Waals surface area (Å²) >= 11 is 1.62. The van der Waals surface area contributed by atoms with Crippen LogP contribution in [0.3, 0.4) is 0 Å². The fourth-order valence-corrected chi connectivity index (χ4v) is 3.65. The van der Waals surface area contributed by atoms with Gasteiger partial charge in [-0.15, -0.1) is 11.3 Å². The molecule has 0 spiro atoms. The molecule has 2 aromatic rings. The van der Waals surface area contributed by atoms with Crippen molar-refractivity contribution in [2.45, 2.75) is 25.4 Å². The van der Waals surface area contributed by atoms with Crippen LogP contribution in [0.4, 0.5) is 5.82 Å². The van der Waals surface area contributed by atoms with Crippen LogP contribution in [0, 0.1) is 0 Å². The van der Waals surface area contributed by atoms with Gasteiger partial charge in [0.15, 0.2) is 5.82 Å². The van der Waals surface area contributed by atoms with Gasteiger partial charge in [-0.05, 0) is 51.5 Å². The van der Waals surface area contributed by atoms with Crippen LogP contribution in [-0.4, -0.2) is 53.0 Å². The van der Waals surface area contributed by atoms with Crippen molar-refractivity contribution in [3.05, 3.63) is 17.3 Å². The fourth-order valence-electron chi connectivity index (χ4n) is 2.87. The topological polar surface area (TPSA) is 70.3 Å². The van der Waals surface area contributed by atoms with Gasteiger partial charge in [-0.3, -0.25) is 4.90 Å². The molecular formula is C14H22N6S. The van der Waals surface area contributed by atoms with Gasteiger partial charge in [-0.1, -0.05) is 0 Å². The van der Waals surface area contributed by atoms with Crippen molar-refractivity contribution in [3.63, 3.8) is 0 Å². The maximum absolute atomic E-state index is 5.58. The van der Waals surface area contributed by atoms with Crippen molar-refractivity contribution in [2.75, 3.05) is 32.6 Å². The molecular weight excluding hydrogens is 284 g/mol. The molecule has 0 unspecified atom stereocenters. The molecule has 0 aromatic carbocycles. The average molecular weight is 306 g/mol. The highest BCUT2D eigenvalue weighted by Gasteiger charge is 2.21. The molecule has 0 saturated carbocycles. The van der Waals surface area contributed by atoms with E-state index >= 15 is 0 Å². The quantitative estimate of drug-likeness (QED) is 0.659. The molecule has 114 valence electrons. The number of nitrogens with two attached hydrogens (primary N) is 1. The Morgan fingerprint density at radius 2 is 2.19 bits per heavy atom. The second-order valence-corrected chi connectivity index (χ2v) is 6.62. The van der Waals surface area contributed by atoms with Gasteiger partial charge in [0.1, 0.15) is 10.7 Å². The fraction of sp³-hybridized carbons (Fsp3) is 0.571. The minimum absolute atomic E-state index is 0.609. The number of nitrogens with zero attached hydrogens (tertiary/aromatic N) is 4. The van der Waals surface area contributed by atoms with E-state index < -0.39 is 0 Å². The predicted molar refractivity (Wildman–Crippen MR) is 87.2 cm³/mol. The smallest absolute Gasteiger partial charge is 0.152 e. The third-order valence-corrected chi connectivity index (χ3v) is 5.02. The van der Waals surface area contributed by atoms with E-state index in [0.29, 0.717) is 11.9 Å². The first kappa shape index (κ1) is 14.6. The Bertz CT molecular complexity index is 605. The SMILES string of the molecule is CN1CCC(N(C)Cc2nc(NN)c3ccsc3n2)CC1. The number of thiophene rings is 1. The number of hydrogen-bond acceptors (Lipinski definition) is 7. The van der Waals surface area contributed by atoms with Crippen LogP contribution < -0.4 is 11.3 Å². The van der Waals surface area contributed by atoms with Gasteiger partial charge >= 0.3 is 0 Å². The Hall–Kier alpha value is -1.28. The van der Waals surface area contributed by atoms with Gasteiger partial charge in [0.25, 0.3) is 0 Å². The molecule has 3 rings (SSSR count). The largest absolute Gasteiger partial charge is 0.308 e. The Labute approximate surface area is 128 Å². The van der Waals surface area contributed by atoms with E-state index in [9.17, 15) is 0 Å². The molecule has 0 radical (unpaired) electrons. The van der Waals surface area contributed by atoms with Crippen LogP contribution in [0.1, 0.15) is 18.7 Å². The van der Waals surface area contributed by atoms with Crippen molar-refractivity contribution in [2.24, 2.45) is 5.84 Å². The first-order valence-corrected chi connectivity index (χ1v) is 8.15. The molecule has 3 heterocycles. The molecule has 1 saturated heterocycles. The lowest BCUT2D eigenvalue weighted by molar-refractivity contribution is 0.137. The van der Waals surface area contributed by atoms with Crippen molar-refractivity contribution >= 4 is 27.4 Å². The van der Waals surface area contributed by atoms with E-state index in [1.54, 1.807) is 11.3 Å². The molecule has 6 nitrogen and oxygen atoms in total. The molecule has 2 aromatic heterocycles. The summed E-state index contributed by atoms with van der Waals surface area (Å²) in [7, 11) is 4.34. The monoisotopic (exact) mass is 306 g/mol. The number of anilines is 1. The maximum atomic E-state index is 5.58. The van der Waals surface area contributed by atoms with E-state index in [1.165, 1.54) is 12.8 Å². The second-order valence-electron chi connectivity index (χ2n) is 5.72. The summed E-state index contributed by atoms with van der Waals surface area (Å²) in [6, 6.07) is 2.61. The zero-order chi connectivity index (χ0) is 14.8. The molecule has 1 aliphatic rings. The van der Waals surface area contributed by atoms with Gasteiger partial charge in [0.2, 0.25) is 0 Å². The molecule has 3 N–H and O–H groups in total. The molecule has 1 fully saturated rings. The van der Waals surface area contributed by atoms with Gasteiger partial charge < -0.3 is 10.3 Å². The lowest BCUT2D eigenvalue weighted by atomic mass is 10.0. The van der Waals surface area contributed by atoms with Crippen LogP contribution >= 0.6 is 11.3 Å². The summed E-state index contributed by atoms with van der Waals surface area (Å²) in [4.78, 5) is 14.9. The number of hydrogen-bond donors (Lipinski definition) is 2. The third kappa shape index (κ3) is 3.16. The number of aromatic nitrogens is 2. The van der Waals surface area contributed by atoms with E-state index in [1.807, 2.05) is 11.4 Å². The Kier molecular flexibility index (Phi) is 4.34. The highest BCUT2D eigenvalue weighted by atomic mass is 32.1. The lowest BCUT2D eigenvalue weighted by Crippen LogP contribution is -2.41. The Balaban J connectivity index is 1.74. The number of nitrogen functional groups attached to an aromatic ring is 1. The number of piperidine rings is 1. The van der Waals surface area contributed by atoms with Crippen molar-refractivity contribution < 1.29 is 0 Å². The van der Waals surface area contributed by atoms with Crippen LogP contribution in [0.15, 0.2) is 11.4 Å². The minimum Gasteiger partial charge on any atom is -0.308 e. The van der Waals surface area contributed by atoms with Crippen molar-refractivity contribution in [1.29, 1.82) is 0 Å². The van der Waals surface area contributed by atoms with Gasteiger partial charge in [-0.25, -0.2) is 15.8 Å². The highest BCUT2D eigenvalue weighted by molar-refractivity contribution is 7.16. The normalized spacial score (nSPS) is 17.7. The van der Waals surface area contributed by atoms with Gasteiger partial charge in [0, 0.05) is 6.04 Å². The number of fused-ring (bicyclic) bond motifs is 1. The molecule has 0 atom stereocenters. The lowest BCUT2D eigenvalue weighted by Gasteiger charge is -2.34. The summed E-state index contributed by atoms with van der Waals surface area (Å²) in [5.41, 5.74) is 2.69. The second kappa shape index (κ2) is 6.23. The van der Waals surface area contributed by atoms with Gasteiger partial charge in [0.05, 0.1) is 11.9 Å². The summed E-state index contributed by atoms with van der Waals surface area (Å²) in [6.07, 6.45) is 2.41. The first-order chi connectivity index (χ1) is 10.2. The number of hydrazine groups is 1. The summed E-state index contributed by atoms with van der Waals surface area (Å²) in [6.45, 7) is 3.09. The Morgan fingerprint density at radius 3 is 2.90 bits per heavy atom. The van der Waals surface area contributed by atoms with Crippen LogP contribution in [-0.2, 0) is 6.54 Å². The maximum Gasteiger partial charge on any atom is 0.152 e. The van der Waals surface area contributed by atoms with Crippen LogP contribution in [0.25, 0.3) is 10.2 Å². The number of rotatable bonds is 4. The van der Waals surface area contributed by atoms with Crippen molar-refractivity contribution in [1.82, 2.24) is 19.8 Å². The molecule has 0 aliphatic carbocycles. The zero-order valence-electron chi connectivity index (χ0n) is 12.5. The predicted octanol–water partition coefficient (Wildman–Crippen LogP) is 1.50. The van der Waals surface area contributed by atoms with Crippen LogP contribution in [0.2, 0.25) is 0 Å². The highest BCUT2D eigenvalue weighted by Crippen LogP contribution is 2.25. The van der Waals surface area contributed by atoms with Gasteiger partial charge in [-0.2, -0.15) is 0 Å². The zero-order valence-corrected chi connectivity index (χ0v) is 13.4. The first-order valence-electron chi connectivity index (χ1n) is 7.27. The van der Waals surface area contributed by atoms with Crippen LogP contribution in [0.5, 0.6) is 0 Å². The molecule has 7 heteroatoms. The number of likely N-dealkylation sites (tertiary alicyclic amines) is 1. The molecule has 21 heavy (non-hydrogen) atoms. The van der Waals surface area contributed by atoms with E-state index in [-0.39, 0.29) is 0 Å². The molecule has 1 aliphatic heterocycles. The number of nitrogens with one attached hydrogen (secondary N) is 1. The third-order valence-electron chi connectivity index (χ3n) is 4.21.